The zero-order chi connectivity index (χ0) is 23.6. The van der Waals surface area contributed by atoms with E-state index in [0.717, 1.165) is 28.7 Å². The van der Waals surface area contributed by atoms with Gasteiger partial charge < -0.3 is 15.4 Å². The molecule has 3 N–H and O–H groups in total. The molecule has 0 atom stereocenters. The van der Waals surface area contributed by atoms with Gasteiger partial charge in [0.05, 0.1) is 16.4 Å². The average molecular weight is 469 g/mol. The molecule has 0 radical (unpaired) electrons. The molecule has 0 saturated heterocycles. The molecule has 5 nitrogen and oxygen atoms in total. The van der Waals surface area contributed by atoms with Crippen molar-refractivity contribution in [2.24, 2.45) is 0 Å². The summed E-state index contributed by atoms with van der Waals surface area (Å²) in [5.41, 5.74) is 3.32. The van der Waals surface area contributed by atoms with E-state index in [0.29, 0.717) is 24.3 Å². The molecule has 8 heteroatoms. The molecule has 0 spiro atoms. The number of phenolic OH excluding ortho intramolecular Hbond substituents is 1. The molecule has 4 aromatic rings. The van der Waals surface area contributed by atoms with Gasteiger partial charge in [-0.05, 0) is 42.0 Å². The number of aromatic hydroxyl groups is 1. The Hall–Kier alpha value is -3.29. The summed E-state index contributed by atoms with van der Waals surface area (Å²) in [6.45, 7) is 4.98. The van der Waals surface area contributed by atoms with E-state index in [1.165, 1.54) is 6.07 Å². The minimum atomic E-state index is -0.863. The summed E-state index contributed by atoms with van der Waals surface area (Å²) in [5, 5.41) is 13.7. The van der Waals surface area contributed by atoms with Gasteiger partial charge in [-0.15, -0.1) is 0 Å². The summed E-state index contributed by atoms with van der Waals surface area (Å²) in [7, 11) is 0. The van der Waals surface area contributed by atoms with Gasteiger partial charge >= 0.3 is 0 Å². The van der Waals surface area contributed by atoms with Crippen molar-refractivity contribution in [1.82, 2.24) is 20.3 Å². The summed E-state index contributed by atoms with van der Waals surface area (Å²) in [6.07, 6.45) is 3.40. The molecule has 0 aliphatic rings. The van der Waals surface area contributed by atoms with Gasteiger partial charge in [-0.2, -0.15) is 0 Å². The van der Waals surface area contributed by atoms with Crippen molar-refractivity contribution in [1.29, 1.82) is 0 Å². The second-order valence-electron chi connectivity index (χ2n) is 8.45. The van der Waals surface area contributed by atoms with E-state index in [-0.39, 0.29) is 10.8 Å². The van der Waals surface area contributed by atoms with E-state index in [9.17, 15) is 13.9 Å². The Morgan fingerprint density at radius 3 is 2.45 bits per heavy atom. The van der Waals surface area contributed by atoms with Crippen LogP contribution in [0.25, 0.3) is 22.5 Å². The van der Waals surface area contributed by atoms with Gasteiger partial charge in [-0.25, -0.2) is 13.8 Å². The molecule has 2 heterocycles. The quantitative estimate of drug-likeness (QED) is 0.318. The Labute approximate surface area is 195 Å². The molecule has 4 rings (SSSR count). The van der Waals surface area contributed by atoms with Crippen LogP contribution >= 0.6 is 11.6 Å². The van der Waals surface area contributed by atoms with Gasteiger partial charge in [0, 0.05) is 42.0 Å². The molecule has 2 aromatic heterocycles. The van der Waals surface area contributed by atoms with Gasteiger partial charge in [0.25, 0.3) is 0 Å². The molecular formula is C25H23ClF2N4O. The highest BCUT2D eigenvalue weighted by atomic mass is 35.5. The number of aromatic nitrogens is 3. The third-order valence-electron chi connectivity index (χ3n) is 5.41. The number of hydrogen-bond acceptors (Lipinski definition) is 4. The number of pyridine rings is 1. The molecule has 0 saturated carbocycles. The van der Waals surface area contributed by atoms with Gasteiger partial charge in [0.2, 0.25) is 0 Å². The van der Waals surface area contributed by atoms with Crippen LogP contribution in [-0.4, -0.2) is 26.6 Å². The summed E-state index contributed by atoms with van der Waals surface area (Å²) < 4.78 is 26.6. The maximum Gasteiger partial charge on any atom is 0.159 e. The highest BCUT2D eigenvalue weighted by Crippen LogP contribution is 2.36. The lowest BCUT2D eigenvalue weighted by molar-refractivity contribution is 0.446. The number of aromatic amines is 1. The Bertz CT molecular complexity index is 1270. The lowest BCUT2D eigenvalue weighted by Crippen LogP contribution is -2.33. The van der Waals surface area contributed by atoms with E-state index in [1.807, 2.05) is 26.0 Å². The second-order valence-corrected chi connectivity index (χ2v) is 8.85. The number of nitrogens with one attached hydrogen (secondary N) is 2. The minimum absolute atomic E-state index is 0.0214. The summed E-state index contributed by atoms with van der Waals surface area (Å²) in [5.74, 6) is -1.01. The zero-order valence-corrected chi connectivity index (χ0v) is 18.9. The summed E-state index contributed by atoms with van der Waals surface area (Å²) in [4.78, 5) is 12.4. The van der Waals surface area contributed by atoms with E-state index in [4.69, 9.17) is 16.6 Å². The van der Waals surface area contributed by atoms with Crippen LogP contribution in [0.15, 0.2) is 60.9 Å². The highest BCUT2D eigenvalue weighted by Gasteiger charge is 2.27. The molecular weight excluding hydrogens is 446 g/mol. The zero-order valence-electron chi connectivity index (χ0n) is 18.2. The normalized spacial score (nSPS) is 11.7. The van der Waals surface area contributed by atoms with Gasteiger partial charge in [0.1, 0.15) is 11.6 Å². The van der Waals surface area contributed by atoms with E-state index in [2.05, 4.69) is 15.3 Å². The fourth-order valence-corrected chi connectivity index (χ4v) is 3.66. The summed E-state index contributed by atoms with van der Waals surface area (Å²) >= 11 is 5.99. The van der Waals surface area contributed by atoms with Crippen LogP contribution in [0.1, 0.15) is 25.2 Å². The lowest BCUT2D eigenvalue weighted by Gasteiger charge is -2.23. The SMILES string of the molecule is CC(C)(CNCc1ccc(F)c(F)c1)c1nc(-c2ccc(Cl)c(O)c2)c(-c2ccncc2)[nH]1. The third kappa shape index (κ3) is 5.05. The number of rotatable bonds is 7. The number of nitrogens with zero attached hydrogens (tertiary/aromatic N) is 2. The molecule has 33 heavy (non-hydrogen) atoms. The molecule has 0 bridgehead atoms. The van der Waals surface area contributed by atoms with Crippen molar-refractivity contribution in [2.45, 2.75) is 25.8 Å². The Morgan fingerprint density at radius 1 is 1.00 bits per heavy atom. The fourth-order valence-electron chi connectivity index (χ4n) is 3.54. The minimum Gasteiger partial charge on any atom is -0.506 e. The van der Waals surface area contributed by atoms with Crippen LogP contribution in [0.5, 0.6) is 5.75 Å². The first-order chi connectivity index (χ1) is 15.7. The van der Waals surface area contributed by atoms with Crippen molar-refractivity contribution < 1.29 is 13.9 Å². The van der Waals surface area contributed by atoms with Crippen molar-refractivity contribution in [3.05, 3.63) is 89.0 Å². The van der Waals surface area contributed by atoms with Crippen LogP contribution in [-0.2, 0) is 12.0 Å². The Morgan fingerprint density at radius 2 is 1.76 bits per heavy atom. The first-order valence-electron chi connectivity index (χ1n) is 10.4. The van der Waals surface area contributed by atoms with Gasteiger partial charge in [-0.1, -0.05) is 37.6 Å². The molecule has 2 aromatic carbocycles. The predicted octanol–water partition coefficient (Wildman–Crippen LogP) is 5.84. The highest BCUT2D eigenvalue weighted by molar-refractivity contribution is 6.32. The van der Waals surface area contributed by atoms with Gasteiger partial charge in [0.15, 0.2) is 11.6 Å². The van der Waals surface area contributed by atoms with Crippen molar-refractivity contribution in [3.8, 4) is 28.3 Å². The van der Waals surface area contributed by atoms with Crippen molar-refractivity contribution >= 4 is 11.6 Å². The molecule has 0 fully saturated rings. The van der Waals surface area contributed by atoms with Crippen molar-refractivity contribution in [2.75, 3.05) is 6.54 Å². The number of H-pyrrole nitrogens is 1. The molecule has 170 valence electrons. The first-order valence-corrected chi connectivity index (χ1v) is 10.8. The largest absolute Gasteiger partial charge is 0.506 e. The van der Waals surface area contributed by atoms with Crippen LogP contribution in [0.3, 0.4) is 0 Å². The number of benzene rings is 2. The molecule has 0 amide bonds. The number of imidazole rings is 1. The Balaban J connectivity index is 1.62. The number of phenols is 1. The van der Waals surface area contributed by atoms with Crippen LogP contribution in [0.4, 0.5) is 8.78 Å². The second kappa shape index (κ2) is 9.29. The smallest absolute Gasteiger partial charge is 0.159 e. The predicted molar refractivity (Wildman–Crippen MR) is 125 cm³/mol. The molecule has 0 aliphatic heterocycles. The third-order valence-corrected chi connectivity index (χ3v) is 5.73. The van der Waals surface area contributed by atoms with E-state index < -0.39 is 17.0 Å². The topological polar surface area (TPSA) is 73.8 Å². The maximum absolute atomic E-state index is 13.5. The number of halogens is 3. The van der Waals surface area contributed by atoms with Crippen LogP contribution in [0, 0.1) is 11.6 Å². The first kappa shape index (κ1) is 22.9. The van der Waals surface area contributed by atoms with Gasteiger partial charge in [-0.3, -0.25) is 4.98 Å². The fraction of sp³-hybridized carbons (Fsp3) is 0.200. The summed E-state index contributed by atoms with van der Waals surface area (Å²) in [6, 6.07) is 12.6. The molecule has 0 aliphatic carbocycles. The van der Waals surface area contributed by atoms with E-state index >= 15 is 0 Å². The standard InChI is InChI=1S/C25H23ClF2N4O/c1-25(2,14-30-13-15-3-6-19(27)20(28)11-15)24-31-22(16-7-9-29-10-8-16)23(32-24)17-4-5-18(26)21(33)12-17/h3-12,30,33H,13-14H2,1-2H3,(H,31,32). The van der Waals surface area contributed by atoms with E-state index in [1.54, 1.807) is 36.7 Å². The van der Waals surface area contributed by atoms with Crippen LogP contribution < -0.4 is 5.32 Å². The number of hydrogen-bond donors (Lipinski definition) is 3. The monoisotopic (exact) mass is 468 g/mol. The lowest BCUT2D eigenvalue weighted by atomic mass is 9.92. The Kier molecular flexibility index (Phi) is 6.44. The average Bonchev–Trinajstić information content (AvgIpc) is 3.25. The molecule has 0 unspecified atom stereocenters. The maximum atomic E-state index is 13.5. The van der Waals surface area contributed by atoms with Crippen LogP contribution in [0.2, 0.25) is 5.02 Å². The van der Waals surface area contributed by atoms with Crippen molar-refractivity contribution in [3.63, 3.8) is 0 Å².